The molecule has 330 valence electrons. The normalized spacial score (nSPS) is 29.6. The molecule has 8 nitrogen and oxygen atoms in total. The zero-order valence-electron chi connectivity index (χ0n) is 35.3. The number of anilines is 2. The molecular formula is C46H60Cl2F3N3O5S. The Labute approximate surface area is 369 Å². The Kier molecular flexibility index (Phi) is 15.1. The van der Waals surface area contributed by atoms with Gasteiger partial charge in [0.15, 0.2) is 17.2 Å². The van der Waals surface area contributed by atoms with Gasteiger partial charge in [-0.1, -0.05) is 49.4 Å². The Hall–Kier alpha value is -2.87. The number of esters is 1. The number of carbonyl (C=O) groups excluding carboxylic acids is 3. The summed E-state index contributed by atoms with van der Waals surface area (Å²) in [5, 5.41) is 9.07. The van der Waals surface area contributed by atoms with Crippen molar-refractivity contribution in [3.8, 4) is 0 Å². The van der Waals surface area contributed by atoms with Crippen LogP contribution in [0.4, 0.5) is 24.5 Å². The zero-order chi connectivity index (χ0) is 41.6. The predicted octanol–water partition coefficient (Wildman–Crippen LogP) is 9.73. The number of rotatable bonds is 8. The maximum Gasteiger partial charge on any atom is 0.416 e. The van der Waals surface area contributed by atoms with Crippen LogP contribution in [0.3, 0.4) is 0 Å². The van der Waals surface area contributed by atoms with Gasteiger partial charge in [0.25, 0.3) is 0 Å². The summed E-state index contributed by atoms with van der Waals surface area (Å²) < 4.78 is 45.8. The van der Waals surface area contributed by atoms with Gasteiger partial charge >= 0.3 is 12.1 Å². The SMILES string of the molecule is CC(=O)OC1(C(C)=O)CCC2C3C=C(C)C4=CC(=O)CCC4(C)C3CCC21C.Cl.Cl.OCCN1CCN(CCCN2c3ccccc3Sc3ccc(C(F)(F)F)cc32)CC1. The average molecular weight is 895 g/mol. The summed E-state index contributed by atoms with van der Waals surface area (Å²) in [7, 11) is 0. The monoisotopic (exact) mass is 893 g/mol. The van der Waals surface area contributed by atoms with Crippen molar-refractivity contribution >= 4 is 65.5 Å². The molecule has 0 amide bonds. The van der Waals surface area contributed by atoms with Crippen LogP contribution >= 0.6 is 36.6 Å². The maximum absolute atomic E-state index is 13.3. The van der Waals surface area contributed by atoms with E-state index in [9.17, 15) is 27.6 Å². The van der Waals surface area contributed by atoms with Crippen LogP contribution in [0.1, 0.15) is 85.1 Å². The minimum absolute atomic E-state index is 0. The van der Waals surface area contributed by atoms with E-state index >= 15 is 0 Å². The highest BCUT2D eigenvalue weighted by Crippen LogP contribution is 2.68. The number of hydrogen-bond acceptors (Lipinski definition) is 9. The molecule has 6 atom stereocenters. The van der Waals surface area contributed by atoms with Crippen molar-refractivity contribution in [2.45, 2.75) is 101 Å². The third-order valence-electron chi connectivity index (χ3n) is 14.5. The second kappa shape index (κ2) is 18.9. The number of para-hydroxylation sites is 1. The maximum atomic E-state index is 13.3. The van der Waals surface area contributed by atoms with Crippen molar-refractivity contribution < 1.29 is 37.4 Å². The van der Waals surface area contributed by atoms with Gasteiger partial charge in [-0.3, -0.25) is 19.3 Å². The van der Waals surface area contributed by atoms with Crippen molar-refractivity contribution in [1.29, 1.82) is 0 Å². The first kappa shape index (κ1) is 48.2. The lowest BCUT2D eigenvalue weighted by Crippen LogP contribution is -2.58. The fraction of sp³-hybridized carbons (Fsp3) is 0.587. The van der Waals surface area contributed by atoms with Crippen molar-refractivity contribution in [2.24, 2.45) is 28.6 Å². The van der Waals surface area contributed by atoms with E-state index in [1.54, 1.807) is 13.0 Å². The first-order valence-corrected chi connectivity index (χ1v) is 21.8. The molecule has 0 spiro atoms. The van der Waals surface area contributed by atoms with Gasteiger partial charge in [0, 0.05) is 67.8 Å². The number of halogens is 5. The van der Waals surface area contributed by atoms with Gasteiger partial charge in [-0.25, -0.2) is 0 Å². The number of benzene rings is 2. The topological polar surface area (TPSA) is 90.4 Å². The van der Waals surface area contributed by atoms with E-state index in [2.05, 4.69) is 36.6 Å². The summed E-state index contributed by atoms with van der Waals surface area (Å²) in [4.78, 5) is 45.4. The van der Waals surface area contributed by atoms with Gasteiger partial charge in [0.05, 0.1) is 23.5 Å². The number of fused-ring (bicyclic) bond motifs is 7. The molecule has 0 aromatic heterocycles. The molecule has 3 fully saturated rings. The van der Waals surface area contributed by atoms with Gasteiger partial charge in [-0.2, -0.15) is 13.2 Å². The van der Waals surface area contributed by atoms with Crippen molar-refractivity contribution in [1.82, 2.24) is 9.80 Å². The van der Waals surface area contributed by atoms with Gasteiger partial charge in [0.1, 0.15) is 0 Å². The van der Waals surface area contributed by atoms with Crippen molar-refractivity contribution in [3.05, 3.63) is 71.3 Å². The van der Waals surface area contributed by atoms with Gasteiger partial charge in [-0.15, -0.1) is 24.8 Å². The van der Waals surface area contributed by atoms with E-state index < -0.39 is 17.3 Å². The molecule has 2 saturated carbocycles. The number of carbonyl (C=O) groups is 3. The van der Waals surface area contributed by atoms with E-state index in [0.29, 0.717) is 49.4 Å². The molecule has 8 rings (SSSR count). The standard InChI is InChI=1S/C24H32O4.C22H26F3N3OS.2ClH/c1-14-12-18-19(22(4)9-6-17(27)13-21(14)22)7-10-23(5)20(18)8-11-24(23,15(2)25)28-16(3)26;23-22(24,25)17-6-7-21-19(16-17)28(18-4-1-2-5-20(18)30-21)9-3-8-26-10-12-27(13-11-26)14-15-29;;/h12-13,18-20H,6-11H2,1-5H3;1-2,4-7,16,29H,3,8-15H2;2*1H. The predicted molar refractivity (Wildman–Crippen MR) is 235 cm³/mol. The summed E-state index contributed by atoms with van der Waals surface area (Å²) in [6.07, 6.45) is 5.72. The summed E-state index contributed by atoms with van der Waals surface area (Å²) >= 11 is 1.53. The van der Waals surface area contributed by atoms with Gasteiger partial charge < -0.3 is 19.6 Å². The minimum atomic E-state index is -4.35. The third kappa shape index (κ3) is 8.98. The summed E-state index contributed by atoms with van der Waals surface area (Å²) in [6, 6.07) is 11.9. The van der Waals surface area contributed by atoms with Crippen LogP contribution in [0.2, 0.25) is 0 Å². The molecule has 2 heterocycles. The number of nitrogens with zero attached hydrogens (tertiary/aromatic N) is 3. The summed E-state index contributed by atoms with van der Waals surface area (Å²) in [6.45, 7) is 15.9. The molecule has 2 aromatic carbocycles. The highest BCUT2D eigenvalue weighted by atomic mass is 35.5. The Morgan fingerprint density at radius 2 is 1.53 bits per heavy atom. The minimum Gasteiger partial charge on any atom is -0.451 e. The number of hydrogen-bond donors (Lipinski definition) is 1. The third-order valence-corrected chi connectivity index (χ3v) is 15.7. The number of allylic oxidation sites excluding steroid dienone is 4. The number of β-amino-alcohol motifs (C(OH)–C–C–N with tert-alkyl or cyclic N) is 1. The highest BCUT2D eigenvalue weighted by Gasteiger charge is 2.67. The molecule has 1 saturated heterocycles. The number of piperazine rings is 1. The zero-order valence-corrected chi connectivity index (χ0v) is 37.8. The van der Waals surface area contributed by atoms with E-state index in [1.807, 2.05) is 35.2 Å². The van der Waals surface area contributed by atoms with Crippen LogP contribution in [-0.2, 0) is 25.3 Å². The molecule has 0 bridgehead atoms. The quantitative estimate of drug-likeness (QED) is 0.260. The van der Waals surface area contributed by atoms with E-state index in [-0.39, 0.29) is 59.8 Å². The number of Topliss-reactive ketones (excluding diaryl/α,β-unsaturated/α-hetero) is 1. The smallest absolute Gasteiger partial charge is 0.416 e. The lowest BCUT2D eigenvalue weighted by Gasteiger charge is -2.58. The largest absolute Gasteiger partial charge is 0.451 e. The van der Waals surface area contributed by atoms with Crippen LogP contribution in [0.5, 0.6) is 0 Å². The Morgan fingerprint density at radius 3 is 2.18 bits per heavy atom. The molecule has 14 heteroatoms. The molecule has 6 unspecified atom stereocenters. The second-order valence-corrected chi connectivity index (χ2v) is 18.8. The van der Waals surface area contributed by atoms with Crippen LogP contribution in [0.15, 0.2) is 75.6 Å². The Balaban J connectivity index is 0.000000221. The number of aliphatic hydroxyl groups is 1. The molecule has 4 aliphatic carbocycles. The van der Waals surface area contributed by atoms with Gasteiger partial charge in [0.2, 0.25) is 0 Å². The van der Waals surface area contributed by atoms with Crippen molar-refractivity contribution in [3.63, 3.8) is 0 Å². The van der Waals surface area contributed by atoms with E-state index in [0.717, 1.165) is 80.3 Å². The lowest BCUT2D eigenvalue weighted by molar-refractivity contribution is -0.185. The van der Waals surface area contributed by atoms with Crippen molar-refractivity contribution in [2.75, 3.05) is 57.3 Å². The van der Waals surface area contributed by atoms with Crippen LogP contribution in [-0.4, -0.2) is 90.5 Å². The summed E-state index contributed by atoms with van der Waals surface area (Å²) in [5.41, 5.74) is 2.16. The number of alkyl halides is 3. The number of ketones is 2. The molecule has 60 heavy (non-hydrogen) atoms. The molecule has 2 aliphatic heterocycles. The van der Waals surface area contributed by atoms with E-state index in [1.165, 1.54) is 42.0 Å². The van der Waals surface area contributed by atoms with Crippen LogP contribution < -0.4 is 4.90 Å². The van der Waals surface area contributed by atoms with E-state index in [4.69, 9.17) is 9.84 Å². The molecular weight excluding hydrogens is 834 g/mol. The Morgan fingerprint density at radius 1 is 0.883 bits per heavy atom. The molecule has 0 radical (unpaired) electrons. The molecule has 1 N–H and O–H groups in total. The van der Waals surface area contributed by atoms with Crippen LogP contribution in [0.25, 0.3) is 0 Å². The first-order chi connectivity index (χ1) is 27.5. The first-order valence-electron chi connectivity index (χ1n) is 21.0. The molecule has 2 aromatic rings. The number of ether oxygens (including phenoxy) is 1. The second-order valence-electron chi connectivity index (χ2n) is 17.7. The fourth-order valence-electron chi connectivity index (χ4n) is 11.6. The number of aliphatic hydroxyl groups excluding tert-OH is 1. The highest BCUT2D eigenvalue weighted by molar-refractivity contribution is 7.99. The molecule has 6 aliphatic rings. The fourth-order valence-corrected chi connectivity index (χ4v) is 12.6. The average Bonchev–Trinajstić information content (AvgIpc) is 3.48. The lowest BCUT2D eigenvalue weighted by atomic mass is 9.47. The van der Waals surface area contributed by atoms with Gasteiger partial charge in [-0.05, 0) is 124 Å². The Bertz CT molecular complexity index is 1990. The summed E-state index contributed by atoms with van der Waals surface area (Å²) in [5.74, 6) is 1.03. The van der Waals surface area contributed by atoms with Crippen LogP contribution in [0, 0.1) is 28.6 Å².